The Hall–Kier alpha value is -1.35. The fourth-order valence-corrected chi connectivity index (χ4v) is 1.94. The maximum Gasteiger partial charge on any atom is 0.108 e. The van der Waals surface area contributed by atoms with Gasteiger partial charge in [0.2, 0.25) is 0 Å². The number of aromatic amines is 1. The summed E-state index contributed by atoms with van der Waals surface area (Å²) in [5, 5.41) is 3.31. The summed E-state index contributed by atoms with van der Waals surface area (Å²) in [6.07, 6.45) is 0.958. The Labute approximate surface area is 103 Å². The van der Waals surface area contributed by atoms with Gasteiger partial charge >= 0.3 is 0 Å². The van der Waals surface area contributed by atoms with Gasteiger partial charge in [0.05, 0.1) is 11.0 Å². The number of H-pyrrole nitrogens is 1. The molecule has 0 aliphatic rings. The molecular weight excluding hydrogens is 210 g/mol. The van der Waals surface area contributed by atoms with E-state index in [1.807, 2.05) is 0 Å². The number of hydrogen-bond donors (Lipinski definition) is 2. The SMILES string of the molecule is CCNCCc1nc2ccc(C(C)C)cc2[nH]1. The normalized spacial score (nSPS) is 11.5. The topological polar surface area (TPSA) is 40.7 Å². The van der Waals surface area contributed by atoms with Crippen LogP contribution in [-0.2, 0) is 6.42 Å². The van der Waals surface area contributed by atoms with Crippen molar-refractivity contribution < 1.29 is 0 Å². The van der Waals surface area contributed by atoms with Crippen LogP contribution in [0.4, 0.5) is 0 Å². The average Bonchev–Trinajstić information content (AvgIpc) is 2.70. The fourth-order valence-electron chi connectivity index (χ4n) is 1.94. The van der Waals surface area contributed by atoms with Gasteiger partial charge in [-0.15, -0.1) is 0 Å². The molecule has 2 N–H and O–H groups in total. The van der Waals surface area contributed by atoms with Gasteiger partial charge in [0.1, 0.15) is 5.82 Å². The van der Waals surface area contributed by atoms with Crippen molar-refractivity contribution in [2.24, 2.45) is 0 Å². The molecule has 92 valence electrons. The number of benzene rings is 1. The third-order valence-electron chi connectivity index (χ3n) is 3.01. The van der Waals surface area contributed by atoms with Crippen LogP contribution in [-0.4, -0.2) is 23.1 Å². The van der Waals surface area contributed by atoms with E-state index in [2.05, 4.69) is 54.3 Å². The van der Waals surface area contributed by atoms with E-state index >= 15 is 0 Å². The van der Waals surface area contributed by atoms with Crippen LogP contribution < -0.4 is 5.32 Å². The summed E-state index contributed by atoms with van der Waals surface area (Å²) in [5.74, 6) is 1.63. The first-order valence-corrected chi connectivity index (χ1v) is 6.40. The lowest BCUT2D eigenvalue weighted by Gasteiger charge is -2.03. The first-order chi connectivity index (χ1) is 8.20. The van der Waals surface area contributed by atoms with Crippen LogP contribution in [0.25, 0.3) is 11.0 Å². The monoisotopic (exact) mass is 231 g/mol. The molecule has 0 fully saturated rings. The highest BCUT2D eigenvalue weighted by atomic mass is 14.9. The van der Waals surface area contributed by atoms with Gasteiger partial charge in [-0.1, -0.05) is 26.8 Å². The molecule has 0 aliphatic carbocycles. The van der Waals surface area contributed by atoms with Gasteiger partial charge in [-0.3, -0.25) is 0 Å². The summed E-state index contributed by atoms with van der Waals surface area (Å²) in [5.41, 5.74) is 3.59. The van der Waals surface area contributed by atoms with E-state index in [0.717, 1.165) is 36.4 Å². The number of nitrogens with one attached hydrogen (secondary N) is 2. The molecule has 2 aromatic rings. The molecule has 2 rings (SSSR count). The van der Waals surface area contributed by atoms with Gasteiger partial charge in [0.15, 0.2) is 0 Å². The third kappa shape index (κ3) is 2.86. The second-order valence-corrected chi connectivity index (χ2v) is 4.72. The van der Waals surface area contributed by atoms with Gasteiger partial charge in [0.25, 0.3) is 0 Å². The van der Waals surface area contributed by atoms with E-state index in [4.69, 9.17) is 0 Å². The quantitative estimate of drug-likeness (QED) is 0.777. The number of nitrogens with zero attached hydrogens (tertiary/aromatic N) is 1. The van der Waals surface area contributed by atoms with Crippen molar-refractivity contribution in [2.45, 2.75) is 33.1 Å². The van der Waals surface area contributed by atoms with Gasteiger partial charge in [-0.25, -0.2) is 4.98 Å². The number of likely N-dealkylation sites (N-methyl/N-ethyl adjacent to an activating group) is 1. The van der Waals surface area contributed by atoms with Crippen LogP contribution in [0.1, 0.15) is 38.1 Å². The molecule has 0 amide bonds. The van der Waals surface area contributed by atoms with E-state index in [-0.39, 0.29) is 0 Å². The molecule has 0 atom stereocenters. The van der Waals surface area contributed by atoms with Gasteiger partial charge < -0.3 is 10.3 Å². The van der Waals surface area contributed by atoms with Crippen LogP contribution in [0.15, 0.2) is 18.2 Å². The molecule has 17 heavy (non-hydrogen) atoms. The molecule has 0 unspecified atom stereocenters. The Morgan fingerprint density at radius 1 is 1.35 bits per heavy atom. The zero-order valence-electron chi connectivity index (χ0n) is 10.9. The number of fused-ring (bicyclic) bond motifs is 1. The minimum Gasteiger partial charge on any atom is -0.342 e. The predicted molar refractivity (Wildman–Crippen MR) is 72.4 cm³/mol. The van der Waals surface area contributed by atoms with Crippen LogP contribution in [0.2, 0.25) is 0 Å². The Bertz CT molecular complexity index is 485. The molecule has 0 aliphatic heterocycles. The van der Waals surface area contributed by atoms with Crippen LogP contribution in [0, 0.1) is 0 Å². The largest absolute Gasteiger partial charge is 0.342 e. The van der Waals surface area contributed by atoms with Gasteiger partial charge in [-0.05, 0) is 30.2 Å². The first-order valence-electron chi connectivity index (χ1n) is 6.40. The van der Waals surface area contributed by atoms with E-state index in [0.29, 0.717) is 5.92 Å². The summed E-state index contributed by atoms with van der Waals surface area (Å²) in [7, 11) is 0. The van der Waals surface area contributed by atoms with E-state index in [1.54, 1.807) is 0 Å². The lowest BCUT2D eigenvalue weighted by Crippen LogP contribution is -2.16. The van der Waals surface area contributed by atoms with E-state index < -0.39 is 0 Å². The van der Waals surface area contributed by atoms with Crippen molar-refractivity contribution in [2.75, 3.05) is 13.1 Å². The number of rotatable bonds is 5. The molecule has 3 nitrogen and oxygen atoms in total. The molecule has 0 saturated heterocycles. The van der Waals surface area contributed by atoms with E-state index in [9.17, 15) is 0 Å². The van der Waals surface area contributed by atoms with Crippen molar-refractivity contribution in [3.8, 4) is 0 Å². The minimum atomic E-state index is 0.563. The first kappa shape index (κ1) is 12.1. The molecule has 0 saturated carbocycles. The Morgan fingerprint density at radius 2 is 2.18 bits per heavy atom. The molecular formula is C14H21N3. The van der Waals surface area contributed by atoms with Crippen LogP contribution in [0.5, 0.6) is 0 Å². The summed E-state index contributed by atoms with van der Waals surface area (Å²) in [4.78, 5) is 7.99. The van der Waals surface area contributed by atoms with Crippen molar-refractivity contribution in [3.63, 3.8) is 0 Å². The maximum absolute atomic E-state index is 4.59. The molecule has 3 heteroatoms. The predicted octanol–water partition coefficient (Wildman–Crippen LogP) is 2.84. The molecule has 1 heterocycles. The highest BCUT2D eigenvalue weighted by Gasteiger charge is 2.05. The van der Waals surface area contributed by atoms with Gasteiger partial charge in [-0.2, -0.15) is 0 Å². The van der Waals surface area contributed by atoms with Crippen molar-refractivity contribution >= 4 is 11.0 Å². The van der Waals surface area contributed by atoms with Crippen LogP contribution >= 0.6 is 0 Å². The number of aromatic nitrogens is 2. The lowest BCUT2D eigenvalue weighted by atomic mass is 10.0. The highest BCUT2D eigenvalue weighted by Crippen LogP contribution is 2.19. The fraction of sp³-hybridized carbons (Fsp3) is 0.500. The number of imidazole rings is 1. The summed E-state index contributed by atoms with van der Waals surface area (Å²) in [6, 6.07) is 6.49. The Kier molecular flexibility index (Phi) is 3.79. The second kappa shape index (κ2) is 5.32. The third-order valence-corrected chi connectivity index (χ3v) is 3.01. The summed E-state index contributed by atoms with van der Waals surface area (Å²) in [6.45, 7) is 8.53. The highest BCUT2D eigenvalue weighted by molar-refractivity contribution is 5.76. The van der Waals surface area contributed by atoms with Crippen molar-refractivity contribution in [1.29, 1.82) is 0 Å². The van der Waals surface area contributed by atoms with Crippen molar-refractivity contribution in [1.82, 2.24) is 15.3 Å². The smallest absolute Gasteiger partial charge is 0.108 e. The molecule has 1 aromatic carbocycles. The molecule has 1 aromatic heterocycles. The maximum atomic E-state index is 4.59. The van der Waals surface area contributed by atoms with E-state index in [1.165, 1.54) is 5.56 Å². The zero-order valence-corrected chi connectivity index (χ0v) is 10.9. The zero-order chi connectivity index (χ0) is 12.3. The Morgan fingerprint density at radius 3 is 2.88 bits per heavy atom. The van der Waals surface area contributed by atoms with Crippen molar-refractivity contribution in [3.05, 3.63) is 29.6 Å². The molecule has 0 bridgehead atoms. The standard InChI is InChI=1S/C14H21N3/c1-4-15-8-7-14-16-12-6-5-11(10(2)3)9-13(12)17-14/h5-6,9-10,15H,4,7-8H2,1-3H3,(H,16,17). The molecule has 0 radical (unpaired) electrons. The minimum absolute atomic E-state index is 0.563. The second-order valence-electron chi connectivity index (χ2n) is 4.72. The molecule has 0 spiro atoms. The van der Waals surface area contributed by atoms with Gasteiger partial charge in [0, 0.05) is 13.0 Å². The summed E-state index contributed by atoms with van der Waals surface area (Å²) < 4.78 is 0. The summed E-state index contributed by atoms with van der Waals surface area (Å²) >= 11 is 0. The average molecular weight is 231 g/mol. The lowest BCUT2D eigenvalue weighted by molar-refractivity contribution is 0.702. The Balaban J connectivity index is 2.18. The number of hydrogen-bond acceptors (Lipinski definition) is 2. The van der Waals surface area contributed by atoms with Crippen LogP contribution in [0.3, 0.4) is 0 Å².